The largest absolute Gasteiger partial charge is 0.493 e. The third kappa shape index (κ3) is 6.29. The van der Waals surface area contributed by atoms with E-state index in [2.05, 4.69) is 22.7 Å². The molecule has 1 unspecified atom stereocenters. The Balaban J connectivity index is 0.00000392. The van der Waals surface area contributed by atoms with Crippen LogP contribution in [-0.2, 0) is 0 Å². The molecular weight excluding hydrogens is 471 g/mol. The summed E-state index contributed by atoms with van der Waals surface area (Å²) in [7, 11) is 1.63. The Kier molecular flexibility index (Phi) is 10.1. The van der Waals surface area contributed by atoms with Crippen LogP contribution in [0.1, 0.15) is 43.7 Å². The summed E-state index contributed by atoms with van der Waals surface area (Å²) < 4.78 is 16.2. The number of ether oxygens (including phenoxy) is 2. The van der Waals surface area contributed by atoms with Crippen molar-refractivity contribution in [3.8, 4) is 11.5 Å². The zero-order valence-corrected chi connectivity index (χ0v) is 19.8. The van der Waals surface area contributed by atoms with Gasteiger partial charge in [0.15, 0.2) is 17.5 Å². The third-order valence-electron chi connectivity index (χ3n) is 4.18. The van der Waals surface area contributed by atoms with Gasteiger partial charge in [-0.3, -0.25) is 4.99 Å². The lowest BCUT2D eigenvalue weighted by Crippen LogP contribution is -2.31. The highest BCUT2D eigenvalue weighted by molar-refractivity contribution is 14.0. The van der Waals surface area contributed by atoms with Crippen LogP contribution in [0.4, 0.5) is 5.69 Å². The van der Waals surface area contributed by atoms with Crippen molar-refractivity contribution < 1.29 is 14.0 Å². The number of hydrogen-bond acceptors (Lipinski definition) is 5. The maximum absolute atomic E-state index is 5.64. The molecule has 0 radical (unpaired) electrons. The molecular formula is C20H31IN4O3. The van der Waals surface area contributed by atoms with Crippen molar-refractivity contribution in [2.24, 2.45) is 4.99 Å². The molecule has 2 aromatic rings. The minimum absolute atomic E-state index is 0. The van der Waals surface area contributed by atoms with Gasteiger partial charge in [0.1, 0.15) is 5.76 Å². The second-order valence-corrected chi connectivity index (χ2v) is 6.28. The number of methoxy groups -OCH3 is 1. The van der Waals surface area contributed by atoms with E-state index in [1.807, 2.05) is 45.9 Å². The summed E-state index contributed by atoms with van der Waals surface area (Å²) in [4.78, 5) is 4.72. The minimum atomic E-state index is 0. The first-order chi connectivity index (χ1) is 13.0. The Bertz CT molecular complexity index is 757. The van der Waals surface area contributed by atoms with Gasteiger partial charge in [-0.15, -0.1) is 24.0 Å². The number of rotatable bonds is 8. The average Bonchev–Trinajstić information content (AvgIpc) is 2.99. The molecule has 0 aliphatic rings. The lowest BCUT2D eigenvalue weighted by Gasteiger charge is -2.15. The second-order valence-electron chi connectivity index (χ2n) is 6.28. The average molecular weight is 502 g/mol. The molecule has 156 valence electrons. The number of hydrogen-bond donors (Lipinski definition) is 2. The van der Waals surface area contributed by atoms with Crippen LogP contribution >= 0.6 is 24.0 Å². The quantitative estimate of drug-likeness (QED) is 0.315. The summed E-state index contributed by atoms with van der Waals surface area (Å²) in [6, 6.07) is 5.72. The number of aliphatic imine (C=N–C) groups is 1. The first-order valence-electron chi connectivity index (χ1n) is 9.29. The van der Waals surface area contributed by atoms with Crippen LogP contribution in [0.15, 0.2) is 27.7 Å². The smallest absolute Gasteiger partial charge is 0.195 e. The van der Waals surface area contributed by atoms with Crippen LogP contribution < -0.4 is 20.1 Å². The van der Waals surface area contributed by atoms with Gasteiger partial charge in [-0.05, 0) is 39.8 Å². The number of nitrogens with zero attached hydrogens (tertiary/aromatic N) is 2. The van der Waals surface area contributed by atoms with Crippen LogP contribution in [0.5, 0.6) is 11.5 Å². The van der Waals surface area contributed by atoms with Crippen molar-refractivity contribution in [1.82, 2.24) is 10.5 Å². The van der Waals surface area contributed by atoms with Crippen LogP contribution in [0.3, 0.4) is 0 Å². The van der Waals surface area contributed by atoms with E-state index in [9.17, 15) is 0 Å². The molecule has 1 aromatic heterocycles. The standard InChI is InChI=1S/C20H30N4O3.HI/c1-7-21-20(22-12-13(3)19-14(4)24-27-15(19)5)23-16-9-10-17(25-6)18(11-16)26-8-2;/h9-11,13H,7-8,12H2,1-6H3,(H2,21,22,23);1H. The molecule has 0 amide bonds. The molecule has 1 heterocycles. The molecule has 0 aliphatic carbocycles. The normalized spacial score (nSPS) is 12.1. The molecule has 0 fully saturated rings. The number of halogens is 1. The second kappa shape index (κ2) is 11.8. The van der Waals surface area contributed by atoms with Gasteiger partial charge in [0.05, 0.1) is 19.4 Å². The van der Waals surface area contributed by atoms with Gasteiger partial charge in [-0.1, -0.05) is 12.1 Å². The predicted molar refractivity (Wildman–Crippen MR) is 124 cm³/mol. The predicted octanol–water partition coefficient (Wildman–Crippen LogP) is 4.50. The molecule has 7 nitrogen and oxygen atoms in total. The molecule has 2 N–H and O–H groups in total. The molecule has 1 aromatic carbocycles. The van der Waals surface area contributed by atoms with Gasteiger partial charge in [0, 0.05) is 36.3 Å². The van der Waals surface area contributed by atoms with Crippen LogP contribution in [0.2, 0.25) is 0 Å². The summed E-state index contributed by atoms with van der Waals surface area (Å²) >= 11 is 0. The van der Waals surface area contributed by atoms with Gasteiger partial charge in [-0.25, -0.2) is 0 Å². The van der Waals surface area contributed by atoms with Crippen molar-refractivity contribution in [3.05, 3.63) is 35.2 Å². The molecule has 1 atom stereocenters. The van der Waals surface area contributed by atoms with Crippen molar-refractivity contribution in [3.63, 3.8) is 0 Å². The monoisotopic (exact) mass is 502 g/mol. The lowest BCUT2D eigenvalue weighted by molar-refractivity contribution is 0.311. The zero-order valence-electron chi connectivity index (χ0n) is 17.5. The van der Waals surface area contributed by atoms with E-state index in [0.717, 1.165) is 29.2 Å². The van der Waals surface area contributed by atoms with Crippen molar-refractivity contribution in [2.45, 2.75) is 40.5 Å². The number of guanidine groups is 1. The first kappa shape index (κ1) is 24.1. The van der Waals surface area contributed by atoms with E-state index in [0.29, 0.717) is 30.6 Å². The molecule has 0 aliphatic heterocycles. The summed E-state index contributed by atoms with van der Waals surface area (Å²) in [6.45, 7) is 12.0. The molecule has 28 heavy (non-hydrogen) atoms. The molecule has 0 saturated carbocycles. The first-order valence-corrected chi connectivity index (χ1v) is 9.29. The summed E-state index contributed by atoms with van der Waals surface area (Å²) in [6.07, 6.45) is 0. The fourth-order valence-corrected chi connectivity index (χ4v) is 2.98. The molecule has 2 rings (SSSR count). The number of nitrogens with one attached hydrogen (secondary N) is 2. The Morgan fingerprint density at radius 1 is 1.25 bits per heavy atom. The van der Waals surface area contributed by atoms with Gasteiger partial charge in [0.2, 0.25) is 0 Å². The summed E-state index contributed by atoms with van der Waals surface area (Å²) in [5.41, 5.74) is 2.92. The van der Waals surface area contributed by atoms with E-state index < -0.39 is 0 Å². The lowest BCUT2D eigenvalue weighted by atomic mass is 10.00. The molecule has 0 spiro atoms. The maximum Gasteiger partial charge on any atom is 0.195 e. The fraction of sp³-hybridized carbons (Fsp3) is 0.500. The zero-order chi connectivity index (χ0) is 19.8. The highest BCUT2D eigenvalue weighted by Gasteiger charge is 2.16. The van der Waals surface area contributed by atoms with E-state index in [1.54, 1.807) is 7.11 Å². The Morgan fingerprint density at radius 2 is 2.00 bits per heavy atom. The van der Waals surface area contributed by atoms with Crippen molar-refractivity contribution >= 4 is 35.6 Å². The van der Waals surface area contributed by atoms with Crippen LogP contribution in [-0.4, -0.2) is 37.9 Å². The number of aryl methyl sites for hydroxylation is 2. The van der Waals surface area contributed by atoms with E-state index in [4.69, 9.17) is 19.0 Å². The minimum Gasteiger partial charge on any atom is -0.493 e. The van der Waals surface area contributed by atoms with Crippen molar-refractivity contribution in [2.75, 3.05) is 32.1 Å². The number of aromatic nitrogens is 1. The highest BCUT2D eigenvalue weighted by Crippen LogP contribution is 2.30. The highest BCUT2D eigenvalue weighted by atomic mass is 127. The molecule has 8 heteroatoms. The van der Waals surface area contributed by atoms with Gasteiger partial charge < -0.3 is 24.6 Å². The van der Waals surface area contributed by atoms with E-state index in [-0.39, 0.29) is 29.9 Å². The summed E-state index contributed by atoms with van der Waals surface area (Å²) in [5, 5.41) is 10.6. The van der Waals surface area contributed by atoms with Crippen LogP contribution in [0, 0.1) is 13.8 Å². The fourth-order valence-electron chi connectivity index (χ4n) is 2.98. The van der Waals surface area contributed by atoms with E-state index in [1.165, 1.54) is 0 Å². The number of benzene rings is 1. The van der Waals surface area contributed by atoms with Gasteiger partial charge >= 0.3 is 0 Å². The Morgan fingerprint density at radius 3 is 2.57 bits per heavy atom. The number of anilines is 1. The van der Waals surface area contributed by atoms with Crippen molar-refractivity contribution in [1.29, 1.82) is 0 Å². The Hall–Kier alpha value is -1.97. The maximum atomic E-state index is 5.64. The SMILES string of the molecule is CCNC(=NCC(C)c1c(C)noc1C)Nc1ccc(OC)c(OCC)c1.I. The topological polar surface area (TPSA) is 80.9 Å². The third-order valence-corrected chi connectivity index (χ3v) is 4.18. The van der Waals surface area contributed by atoms with Gasteiger partial charge in [0.25, 0.3) is 0 Å². The molecule has 0 saturated heterocycles. The van der Waals surface area contributed by atoms with E-state index >= 15 is 0 Å². The van der Waals surface area contributed by atoms with Crippen LogP contribution in [0.25, 0.3) is 0 Å². The summed E-state index contributed by atoms with van der Waals surface area (Å²) in [5.74, 6) is 3.18. The molecule has 0 bridgehead atoms. The Labute approximate surface area is 184 Å². The van der Waals surface area contributed by atoms with Gasteiger partial charge in [-0.2, -0.15) is 0 Å².